The molecule has 0 saturated carbocycles. The predicted molar refractivity (Wildman–Crippen MR) is 61.3 cm³/mol. The van der Waals surface area contributed by atoms with Crippen molar-refractivity contribution in [1.29, 1.82) is 0 Å². The van der Waals surface area contributed by atoms with E-state index in [0.717, 1.165) is 19.5 Å². The summed E-state index contributed by atoms with van der Waals surface area (Å²) in [5.41, 5.74) is 2.62. The molecule has 0 aromatic heterocycles. The number of carbonyl (C=O) groups is 1. The Bertz CT molecular complexity index is 385. The van der Waals surface area contributed by atoms with Gasteiger partial charge in [0.05, 0.1) is 0 Å². The van der Waals surface area contributed by atoms with Gasteiger partial charge in [-0.05, 0) is 17.6 Å². The molecule has 2 rings (SSSR count). The topological polar surface area (TPSA) is 20.3 Å². The van der Waals surface area contributed by atoms with E-state index in [2.05, 4.69) is 18.2 Å². The zero-order valence-corrected chi connectivity index (χ0v) is 8.94. The van der Waals surface area contributed by atoms with Crippen molar-refractivity contribution in [2.24, 2.45) is 0 Å². The van der Waals surface area contributed by atoms with Gasteiger partial charge in [0.1, 0.15) is 0 Å². The zero-order chi connectivity index (χ0) is 10.7. The standard InChI is InChI=1S/C13H15NO/c1-11(15)14-9-8-12-6-4-2-3-5-7-13(12)10-14/h2-7H,8-10H2,1H3/b3-2?,4-2-,5-3-,6-4?,7-5?,12-6-,13-7-. The third kappa shape index (κ3) is 2.27. The van der Waals surface area contributed by atoms with Gasteiger partial charge in [-0.3, -0.25) is 4.79 Å². The van der Waals surface area contributed by atoms with Gasteiger partial charge < -0.3 is 4.90 Å². The minimum atomic E-state index is 0.163. The van der Waals surface area contributed by atoms with Gasteiger partial charge in [-0.1, -0.05) is 36.5 Å². The normalized spacial score (nSPS) is 31.1. The summed E-state index contributed by atoms with van der Waals surface area (Å²) in [5, 5.41) is 0. The summed E-state index contributed by atoms with van der Waals surface area (Å²) >= 11 is 0. The summed E-state index contributed by atoms with van der Waals surface area (Å²) in [6.07, 6.45) is 13.3. The molecule has 2 nitrogen and oxygen atoms in total. The number of hydrogen-bond donors (Lipinski definition) is 0. The Hall–Kier alpha value is -1.57. The Morgan fingerprint density at radius 2 is 1.80 bits per heavy atom. The minimum Gasteiger partial charge on any atom is -0.338 e. The van der Waals surface area contributed by atoms with Crippen molar-refractivity contribution in [3.63, 3.8) is 0 Å². The number of hydrogen-bond acceptors (Lipinski definition) is 1. The van der Waals surface area contributed by atoms with Crippen LogP contribution in [0.25, 0.3) is 0 Å². The highest BCUT2D eigenvalue weighted by atomic mass is 16.2. The molecule has 0 aromatic rings. The lowest BCUT2D eigenvalue weighted by Crippen LogP contribution is -2.35. The molecule has 0 atom stereocenters. The van der Waals surface area contributed by atoms with Gasteiger partial charge in [0.15, 0.2) is 0 Å². The molecule has 0 radical (unpaired) electrons. The molecule has 0 spiro atoms. The molecule has 1 heterocycles. The van der Waals surface area contributed by atoms with E-state index in [9.17, 15) is 4.79 Å². The quantitative estimate of drug-likeness (QED) is 0.588. The van der Waals surface area contributed by atoms with E-state index in [1.807, 2.05) is 23.1 Å². The number of rotatable bonds is 0. The average molecular weight is 201 g/mol. The summed E-state index contributed by atoms with van der Waals surface area (Å²) in [5.74, 6) is 0.163. The van der Waals surface area contributed by atoms with Crippen molar-refractivity contribution in [2.45, 2.75) is 13.3 Å². The predicted octanol–water partition coefficient (Wildman–Crippen LogP) is 2.22. The molecular formula is C13H15NO. The molecule has 0 bridgehead atoms. The Labute approximate surface area is 90.3 Å². The summed E-state index contributed by atoms with van der Waals surface area (Å²) in [4.78, 5) is 13.2. The molecule has 15 heavy (non-hydrogen) atoms. The molecular weight excluding hydrogens is 186 g/mol. The summed E-state index contributed by atoms with van der Waals surface area (Å²) < 4.78 is 0. The van der Waals surface area contributed by atoms with Crippen LogP contribution in [0.4, 0.5) is 0 Å². The van der Waals surface area contributed by atoms with Crippen LogP contribution in [0.2, 0.25) is 0 Å². The highest BCUT2D eigenvalue weighted by Crippen LogP contribution is 2.23. The van der Waals surface area contributed by atoms with Crippen molar-refractivity contribution in [3.05, 3.63) is 47.6 Å². The fourth-order valence-corrected chi connectivity index (χ4v) is 1.89. The lowest BCUT2D eigenvalue weighted by Gasteiger charge is -2.29. The lowest BCUT2D eigenvalue weighted by atomic mass is 9.96. The highest BCUT2D eigenvalue weighted by Gasteiger charge is 2.19. The Morgan fingerprint density at radius 3 is 2.47 bits per heavy atom. The van der Waals surface area contributed by atoms with E-state index in [-0.39, 0.29) is 5.91 Å². The number of allylic oxidation sites excluding steroid dienone is 6. The number of nitrogens with zero attached hydrogens (tertiary/aromatic N) is 1. The van der Waals surface area contributed by atoms with Crippen molar-refractivity contribution >= 4 is 5.91 Å². The number of likely N-dealkylation sites (tertiary alicyclic amines) is 1. The van der Waals surface area contributed by atoms with Crippen LogP contribution in [0, 0.1) is 0 Å². The Balaban J connectivity index is 2.21. The number of carbonyl (C=O) groups excluding carboxylic acids is 1. The SMILES string of the molecule is CC(=O)N1CCC2=C/C=C\C=C/C=C\2C1. The highest BCUT2D eigenvalue weighted by molar-refractivity contribution is 5.74. The third-order valence-electron chi connectivity index (χ3n) is 2.80. The maximum Gasteiger partial charge on any atom is 0.219 e. The monoisotopic (exact) mass is 201 g/mol. The maximum atomic E-state index is 11.3. The van der Waals surface area contributed by atoms with Crippen LogP contribution in [-0.4, -0.2) is 23.9 Å². The largest absolute Gasteiger partial charge is 0.338 e. The van der Waals surface area contributed by atoms with Gasteiger partial charge in [-0.15, -0.1) is 0 Å². The first-order chi connectivity index (χ1) is 7.27. The van der Waals surface area contributed by atoms with Crippen LogP contribution in [0.15, 0.2) is 47.6 Å². The first-order valence-corrected chi connectivity index (χ1v) is 5.26. The average Bonchev–Trinajstić information content (AvgIpc) is 2.18. The fourth-order valence-electron chi connectivity index (χ4n) is 1.89. The van der Waals surface area contributed by atoms with E-state index < -0.39 is 0 Å². The summed E-state index contributed by atoms with van der Waals surface area (Å²) in [6.45, 7) is 3.23. The molecule has 78 valence electrons. The summed E-state index contributed by atoms with van der Waals surface area (Å²) in [7, 11) is 0. The van der Waals surface area contributed by atoms with Crippen LogP contribution in [0.1, 0.15) is 13.3 Å². The Morgan fingerprint density at radius 1 is 1.13 bits per heavy atom. The van der Waals surface area contributed by atoms with Gasteiger partial charge in [-0.2, -0.15) is 0 Å². The minimum absolute atomic E-state index is 0.163. The number of piperidine rings is 1. The molecule has 1 fully saturated rings. The second kappa shape index (κ2) is 4.30. The third-order valence-corrected chi connectivity index (χ3v) is 2.80. The van der Waals surface area contributed by atoms with Crippen LogP contribution in [-0.2, 0) is 4.79 Å². The van der Waals surface area contributed by atoms with Crippen LogP contribution < -0.4 is 0 Å². The Kier molecular flexibility index (Phi) is 2.86. The lowest BCUT2D eigenvalue weighted by molar-refractivity contribution is -0.128. The van der Waals surface area contributed by atoms with Crippen molar-refractivity contribution < 1.29 is 4.79 Å². The van der Waals surface area contributed by atoms with Gasteiger partial charge in [0.2, 0.25) is 5.91 Å². The van der Waals surface area contributed by atoms with Crippen LogP contribution >= 0.6 is 0 Å². The van der Waals surface area contributed by atoms with Crippen LogP contribution in [0.3, 0.4) is 0 Å². The molecule has 0 unspecified atom stereocenters. The molecule has 2 aliphatic rings. The molecule has 0 N–H and O–H groups in total. The van der Waals surface area contributed by atoms with Gasteiger partial charge >= 0.3 is 0 Å². The first-order valence-electron chi connectivity index (χ1n) is 5.26. The van der Waals surface area contributed by atoms with Gasteiger partial charge in [0, 0.05) is 20.0 Å². The van der Waals surface area contributed by atoms with E-state index in [4.69, 9.17) is 0 Å². The molecule has 1 saturated heterocycles. The van der Waals surface area contributed by atoms with E-state index in [1.165, 1.54) is 11.1 Å². The van der Waals surface area contributed by atoms with Crippen molar-refractivity contribution in [2.75, 3.05) is 13.1 Å². The first kappa shape index (κ1) is 9.97. The van der Waals surface area contributed by atoms with Crippen molar-refractivity contribution in [1.82, 2.24) is 4.90 Å². The smallest absolute Gasteiger partial charge is 0.219 e. The molecule has 2 heteroatoms. The van der Waals surface area contributed by atoms with Crippen molar-refractivity contribution in [3.8, 4) is 0 Å². The fraction of sp³-hybridized carbons (Fsp3) is 0.308. The van der Waals surface area contributed by atoms with Crippen LogP contribution in [0.5, 0.6) is 0 Å². The maximum absolute atomic E-state index is 11.3. The van der Waals surface area contributed by atoms with Gasteiger partial charge in [-0.25, -0.2) is 0 Å². The zero-order valence-electron chi connectivity index (χ0n) is 8.94. The van der Waals surface area contributed by atoms with E-state index in [0.29, 0.717) is 0 Å². The van der Waals surface area contributed by atoms with E-state index >= 15 is 0 Å². The van der Waals surface area contributed by atoms with Gasteiger partial charge in [0.25, 0.3) is 0 Å². The molecule has 1 aliphatic carbocycles. The molecule has 0 aromatic carbocycles. The summed E-state index contributed by atoms with van der Waals surface area (Å²) in [6, 6.07) is 0. The molecule has 1 aliphatic heterocycles. The number of fused-ring (bicyclic) bond motifs is 1. The molecule has 1 amide bonds. The number of amides is 1. The second-order valence-corrected chi connectivity index (χ2v) is 3.84. The van der Waals surface area contributed by atoms with E-state index in [1.54, 1.807) is 6.92 Å². The second-order valence-electron chi connectivity index (χ2n) is 3.84.